The first-order chi connectivity index (χ1) is 18.5. The van der Waals surface area contributed by atoms with Crippen LogP contribution in [0.4, 0.5) is 4.79 Å². The number of fused-ring (bicyclic) bond motifs is 1. The number of nitrogens with zero attached hydrogens (tertiary/aromatic N) is 1. The molecular formula is C31H26BrNO4S. The molecule has 38 heavy (non-hydrogen) atoms. The van der Waals surface area contributed by atoms with E-state index in [1.54, 1.807) is 13.2 Å². The minimum absolute atomic E-state index is 0.240. The maximum absolute atomic E-state index is 13.0. The van der Waals surface area contributed by atoms with Crippen molar-refractivity contribution >= 4 is 55.7 Å². The number of amides is 2. The van der Waals surface area contributed by atoms with E-state index in [1.165, 1.54) is 10.5 Å². The number of methoxy groups -OCH3 is 1. The van der Waals surface area contributed by atoms with E-state index in [4.69, 9.17) is 9.47 Å². The Morgan fingerprint density at radius 3 is 2.53 bits per heavy atom. The van der Waals surface area contributed by atoms with Gasteiger partial charge < -0.3 is 9.47 Å². The van der Waals surface area contributed by atoms with Crippen LogP contribution in [0.3, 0.4) is 0 Å². The highest BCUT2D eigenvalue weighted by atomic mass is 79.9. The third kappa shape index (κ3) is 5.79. The van der Waals surface area contributed by atoms with Crippen LogP contribution in [0.2, 0.25) is 0 Å². The van der Waals surface area contributed by atoms with Crippen molar-refractivity contribution in [1.29, 1.82) is 0 Å². The molecular weight excluding hydrogens is 562 g/mol. The van der Waals surface area contributed by atoms with Crippen LogP contribution in [-0.4, -0.2) is 29.7 Å². The van der Waals surface area contributed by atoms with Crippen molar-refractivity contribution in [1.82, 2.24) is 4.90 Å². The van der Waals surface area contributed by atoms with Crippen molar-refractivity contribution in [2.24, 2.45) is 0 Å². The molecule has 0 atom stereocenters. The first kappa shape index (κ1) is 26.1. The van der Waals surface area contributed by atoms with Crippen LogP contribution in [-0.2, 0) is 17.8 Å². The van der Waals surface area contributed by atoms with Gasteiger partial charge in [-0.2, -0.15) is 0 Å². The molecule has 0 bridgehead atoms. The molecule has 1 aliphatic heterocycles. The maximum Gasteiger partial charge on any atom is 0.293 e. The van der Waals surface area contributed by atoms with Crippen molar-refractivity contribution < 1.29 is 19.1 Å². The Hall–Kier alpha value is -3.55. The SMILES string of the molecule is COc1cc(/C=C2\SC(=O)N(CCCc3ccccc3)C2=O)cc(Br)c1OCc1cccc2ccccc12. The summed E-state index contributed by atoms with van der Waals surface area (Å²) in [5.74, 6) is 0.846. The average molecular weight is 589 g/mol. The van der Waals surface area contributed by atoms with Crippen LogP contribution in [0.1, 0.15) is 23.1 Å². The molecule has 0 spiro atoms. The molecule has 1 aliphatic rings. The fraction of sp³-hybridized carbons (Fsp3) is 0.161. The van der Waals surface area contributed by atoms with Gasteiger partial charge >= 0.3 is 0 Å². The molecule has 2 amide bonds. The molecule has 1 heterocycles. The summed E-state index contributed by atoms with van der Waals surface area (Å²) in [7, 11) is 1.58. The lowest BCUT2D eigenvalue weighted by atomic mass is 10.1. The zero-order chi connectivity index (χ0) is 26.5. The third-order valence-electron chi connectivity index (χ3n) is 6.37. The van der Waals surface area contributed by atoms with E-state index in [0.717, 1.165) is 46.5 Å². The zero-order valence-corrected chi connectivity index (χ0v) is 23.3. The Morgan fingerprint density at radius 1 is 0.947 bits per heavy atom. The molecule has 0 N–H and O–H groups in total. The number of hydrogen-bond acceptors (Lipinski definition) is 5. The maximum atomic E-state index is 13.0. The molecule has 5 rings (SSSR count). The first-order valence-corrected chi connectivity index (χ1v) is 13.9. The predicted molar refractivity (Wildman–Crippen MR) is 156 cm³/mol. The Labute approximate surface area is 234 Å². The van der Waals surface area contributed by atoms with E-state index < -0.39 is 0 Å². The Kier molecular flexibility index (Phi) is 8.15. The van der Waals surface area contributed by atoms with E-state index in [0.29, 0.717) is 34.0 Å². The van der Waals surface area contributed by atoms with Crippen LogP contribution >= 0.6 is 27.7 Å². The number of carbonyl (C=O) groups is 2. The van der Waals surface area contributed by atoms with E-state index in [9.17, 15) is 9.59 Å². The van der Waals surface area contributed by atoms with E-state index in [-0.39, 0.29) is 11.1 Å². The molecule has 4 aromatic carbocycles. The highest BCUT2D eigenvalue weighted by Gasteiger charge is 2.34. The second kappa shape index (κ2) is 11.9. The number of rotatable bonds is 9. The second-order valence-electron chi connectivity index (χ2n) is 8.88. The fourth-order valence-corrected chi connectivity index (χ4v) is 5.90. The predicted octanol–water partition coefficient (Wildman–Crippen LogP) is 7.86. The number of imide groups is 1. The Bertz CT molecular complexity index is 1510. The summed E-state index contributed by atoms with van der Waals surface area (Å²) in [4.78, 5) is 27.3. The number of aryl methyl sites for hydroxylation is 1. The van der Waals surface area contributed by atoms with Crippen molar-refractivity contribution in [3.63, 3.8) is 0 Å². The van der Waals surface area contributed by atoms with Crippen LogP contribution in [0, 0.1) is 0 Å². The molecule has 7 heteroatoms. The third-order valence-corrected chi connectivity index (χ3v) is 7.86. The summed E-state index contributed by atoms with van der Waals surface area (Å²) in [6.07, 6.45) is 3.26. The largest absolute Gasteiger partial charge is 0.493 e. The van der Waals surface area contributed by atoms with Crippen molar-refractivity contribution in [3.05, 3.63) is 111 Å². The minimum atomic E-state index is -0.264. The lowest BCUT2D eigenvalue weighted by Gasteiger charge is -2.15. The topological polar surface area (TPSA) is 55.8 Å². The van der Waals surface area contributed by atoms with Gasteiger partial charge in [0.1, 0.15) is 6.61 Å². The summed E-state index contributed by atoms with van der Waals surface area (Å²) >= 11 is 4.57. The molecule has 0 aliphatic carbocycles. The minimum Gasteiger partial charge on any atom is -0.493 e. The summed E-state index contributed by atoms with van der Waals surface area (Å²) in [6.45, 7) is 0.766. The molecule has 1 fully saturated rings. The lowest BCUT2D eigenvalue weighted by molar-refractivity contribution is -0.122. The second-order valence-corrected chi connectivity index (χ2v) is 10.7. The lowest BCUT2D eigenvalue weighted by Crippen LogP contribution is -2.29. The highest BCUT2D eigenvalue weighted by molar-refractivity contribution is 9.10. The standard InChI is InChI=1S/C31H26BrNO4S/c1-36-27-18-22(17-26(32)29(27)37-20-24-14-7-13-23-12-5-6-15-25(23)24)19-28-30(34)33(31(35)38-28)16-8-11-21-9-3-2-4-10-21/h2-7,9-10,12-15,17-19H,8,11,16,20H2,1H3/b28-19-. The monoisotopic (exact) mass is 587 g/mol. The Morgan fingerprint density at radius 2 is 1.71 bits per heavy atom. The summed E-state index contributed by atoms with van der Waals surface area (Å²) in [5, 5.41) is 2.06. The van der Waals surface area contributed by atoms with Gasteiger partial charge in [-0.3, -0.25) is 14.5 Å². The van der Waals surface area contributed by atoms with Gasteiger partial charge in [0.05, 0.1) is 16.5 Å². The van der Waals surface area contributed by atoms with E-state index >= 15 is 0 Å². The molecule has 5 nitrogen and oxygen atoms in total. The molecule has 0 radical (unpaired) electrons. The summed E-state index contributed by atoms with van der Waals surface area (Å²) in [6, 6.07) is 28.1. The van der Waals surface area contributed by atoms with Crippen LogP contribution < -0.4 is 9.47 Å². The van der Waals surface area contributed by atoms with E-state index in [2.05, 4.69) is 34.1 Å². The number of ether oxygens (including phenoxy) is 2. The fourth-order valence-electron chi connectivity index (χ4n) is 4.46. The van der Waals surface area contributed by atoms with Gasteiger partial charge in [0, 0.05) is 6.54 Å². The molecule has 1 saturated heterocycles. The van der Waals surface area contributed by atoms with E-state index in [1.807, 2.05) is 66.7 Å². The first-order valence-electron chi connectivity index (χ1n) is 12.3. The molecule has 0 aromatic heterocycles. The van der Waals surface area contributed by atoms with Crippen LogP contribution in [0.25, 0.3) is 16.8 Å². The zero-order valence-electron chi connectivity index (χ0n) is 20.9. The van der Waals surface area contributed by atoms with Gasteiger partial charge in [0.25, 0.3) is 11.1 Å². The van der Waals surface area contributed by atoms with Gasteiger partial charge in [-0.1, -0.05) is 72.8 Å². The molecule has 4 aromatic rings. The quantitative estimate of drug-likeness (QED) is 0.186. The average Bonchev–Trinajstić information content (AvgIpc) is 3.20. The Balaban J connectivity index is 1.29. The number of benzene rings is 4. The van der Waals surface area contributed by atoms with Gasteiger partial charge in [-0.05, 0) is 86.2 Å². The van der Waals surface area contributed by atoms with Gasteiger partial charge in [-0.15, -0.1) is 0 Å². The van der Waals surface area contributed by atoms with Crippen molar-refractivity contribution in [2.45, 2.75) is 19.4 Å². The molecule has 0 unspecified atom stereocenters. The van der Waals surface area contributed by atoms with Crippen LogP contribution in [0.15, 0.2) is 94.3 Å². The van der Waals surface area contributed by atoms with Gasteiger partial charge in [0.15, 0.2) is 11.5 Å². The summed E-state index contributed by atoms with van der Waals surface area (Å²) in [5.41, 5.74) is 3.00. The molecule has 0 saturated carbocycles. The molecule has 192 valence electrons. The number of hydrogen-bond donors (Lipinski definition) is 0. The smallest absolute Gasteiger partial charge is 0.293 e. The highest BCUT2D eigenvalue weighted by Crippen LogP contribution is 2.40. The normalized spacial score (nSPS) is 14.5. The summed E-state index contributed by atoms with van der Waals surface area (Å²) < 4.78 is 12.5. The van der Waals surface area contributed by atoms with Crippen molar-refractivity contribution in [2.75, 3.05) is 13.7 Å². The number of thioether (sulfide) groups is 1. The van der Waals surface area contributed by atoms with Gasteiger partial charge in [-0.25, -0.2) is 0 Å². The number of halogens is 1. The van der Waals surface area contributed by atoms with Crippen LogP contribution in [0.5, 0.6) is 11.5 Å². The van der Waals surface area contributed by atoms with Crippen molar-refractivity contribution in [3.8, 4) is 11.5 Å². The number of carbonyl (C=O) groups excluding carboxylic acids is 2. The van der Waals surface area contributed by atoms with Gasteiger partial charge in [0.2, 0.25) is 0 Å².